The summed E-state index contributed by atoms with van der Waals surface area (Å²) >= 11 is 0. The summed E-state index contributed by atoms with van der Waals surface area (Å²) in [5.41, 5.74) is 10.9. The number of carbonyl (C=O) groups is 2. The van der Waals surface area contributed by atoms with Crippen molar-refractivity contribution in [1.82, 2.24) is 5.32 Å². The second-order valence-electron chi connectivity index (χ2n) is 3.60. The number of hydrogen-bond acceptors (Lipinski definition) is 4. The first kappa shape index (κ1) is 13.8. The Labute approximate surface area is 103 Å². The molecule has 0 heterocycles. The molecule has 0 aliphatic rings. The molecule has 0 fully saturated rings. The van der Waals surface area contributed by atoms with Crippen LogP contribution in [0.5, 0.6) is 0 Å². The summed E-state index contributed by atoms with van der Waals surface area (Å²) in [6.45, 7) is 1.55. The first-order valence-corrected chi connectivity index (χ1v) is 5.18. The van der Waals surface area contributed by atoms with Crippen LogP contribution in [0.15, 0.2) is 12.1 Å². The van der Waals surface area contributed by atoms with E-state index in [1.165, 1.54) is 13.0 Å². The molecule has 1 rings (SSSR count). The topological polar surface area (TPSA) is 107 Å². The second-order valence-corrected chi connectivity index (χ2v) is 3.60. The van der Waals surface area contributed by atoms with Gasteiger partial charge in [-0.1, -0.05) is 0 Å². The predicted molar refractivity (Wildman–Crippen MR) is 63.4 cm³/mol. The monoisotopic (exact) mass is 255 g/mol. The number of hydrogen-bond donors (Lipinski definition) is 3. The van der Waals surface area contributed by atoms with E-state index in [0.29, 0.717) is 5.56 Å². The number of nitrogens with two attached hydrogens (primary N) is 2. The van der Waals surface area contributed by atoms with E-state index in [1.54, 1.807) is 0 Å². The van der Waals surface area contributed by atoms with E-state index in [2.05, 4.69) is 10.1 Å². The quantitative estimate of drug-likeness (QED) is 0.539. The summed E-state index contributed by atoms with van der Waals surface area (Å²) in [6, 6.07) is 2.47. The fourth-order valence-electron chi connectivity index (χ4n) is 1.25. The molecular formula is C11H14FN3O3. The maximum atomic E-state index is 13.3. The molecule has 5 N–H and O–H groups in total. The lowest BCUT2D eigenvalue weighted by Gasteiger charge is -2.08. The minimum atomic E-state index is -0.921. The van der Waals surface area contributed by atoms with Crippen molar-refractivity contribution in [3.63, 3.8) is 0 Å². The molecule has 0 spiro atoms. The molecule has 0 aromatic heterocycles. The fourth-order valence-corrected chi connectivity index (χ4v) is 1.25. The van der Waals surface area contributed by atoms with E-state index in [0.717, 1.165) is 6.07 Å². The molecule has 0 atom stereocenters. The van der Waals surface area contributed by atoms with Gasteiger partial charge in [0, 0.05) is 16.8 Å². The van der Waals surface area contributed by atoms with E-state index in [4.69, 9.17) is 11.5 Å². The molecule has 0 aliphatic carbocycles. The summed E-state index contributed by atoms with van der Waals surface area (Å²) in [6.07, 6.45) is -0.921. The van der Waals surface area contributed by atoms with Gasteiger partial charge in [0.2, 0.25) is 0 Å². The highest BCUT2D eigenvalue weighted by molar-refractivity contribution is 5.95. The lowest BCUT2D eigenvalue weighted by Crippen LogP contribution is -2.29. The van der Waals surface area contributed by atoms with Gasteiger partial charge in [0.25, 0.3) is 5.91 Å². The standard InChI is InChI=1S/C11H14FN3O3/c1-6-8(12)4-7(5-9(6)13)10(16)15-2-3-18-11(14)17/h4-5H,2-3,13H2,1H3,(H2,14,17)(H,15,16). The molecule has 0 aliphatic heterocycles. The van der Waals surface area contributed by atoms with E-state index < -0.39 is 17.8 Å². The Kier molecular flexibility index (Phi) is 4.47. The normalized spacial score (nSPS) is 9.89. The number of ether oxygens (including phenoxy) is 1. The van der Waals surface area contributed by atoms with Crippen molar-refractivity contribution in [3.05, 3.63) is 29.1 Å². The highest BCUT2D eigenvalue weighted by Crippen LogP contribution is 2.17. The second kappa shape index (κ2) is 5.85. The maximum Gasteiger partial charge on any atom is 0.404 e. The highest BCUT2D eigenvalue weighted by Gasteiger charge is 2.10. The molecule has 0 saturated heterocycles. The number of halogens is 1. The summed E-state index contributed by atoms with van der Waals surface area (Å²) in [5.74, 6) is -1.05. The zero-order valence-corrected chi connectivity index (χ0v) is 9.83. The summed E-state index contributed by atoms with van der Waals surface area (Å²) in [4.78, 5) is 21.9. The van der Waals surface area contributed by atoms with Crippen LogP contribution in [0.4, 0.5) is 14.9 Å². The first-order chi connectivity index (χ1) is 8.41. The van der Waals surface area contributed by atoms with Gasteiger partial charge in [-0.15, -0.1) is 0 Å². The van der Waals surface area contributed by atoms with Gasteiger partial charge in [-0.2, -0.15) is 0 Å². The van der Waals surface area contributed by atoms with Crippen molar-refractivity contribution in [2.75, 3.05) is 18.9 Å². The molecule has 1 aromatic carbocycles. The van der Waals surface area contributed by atoms with Gasteiger partial charge < -0.3 is 21.5 Å². The van der Waals surface area contributed by atoms with Gasteiger partial charge >= 0.3 is 6.09 Å². The SMILES string of the molecule is Cc1c(N)cc(C(=O)NCCOC(N)=O)cc1F. The van der Waals surface area contributed by atoms with E-state index in [9.17, 15) is 14.0 Å². The van der Waals surface area contributed by atoms with Crippen molar-refractivity contribution in [3.8, 4) is 0 Å². The molecule has 6 nitrogen and oxygen atoms in total. The highest BCUT2D eigenvalue weighted by atomic mass is 19.1. The molecule has 7 heteroatoms. The average Bonchev–Trinajstić information content (AvgIpc) is 2.30. The number of nitrogen functional groups attached to an aromatic ring is 1. The van der Waals surface area contributed by atoms with E-state index in [1.807, 2.05) is 0 Å². The van der Waals surface area contributed by atoms with Gasteiger partial charge in [-0.05, 0) is 19.1 Å². The van der Waals surface area contributed by atoms with Crippen LogP contribution in [-0.4, -0.2) is 25.2 Å². The summed E-state index contributed by atoms with van der Waals surface area (Å²) < 4.78 is 17.8. The van der Waals surface area contributed by atoms with Crippen molar-refractivity contribution >= 4 is 17.7 Å². The van der Waals surface area contributed by atoms with Gasteiger partial charge in [0.05, 0.1) is 6.54 Å². The number of nitrogens with one attached hydrogen (secondary N) is 1. The van der Waals surface area contributed by atoms with Crippen LogP contribution in [0.2, 0.25) is 0 Å². The van der Waals surface area contributed by atoms with Crippen LogP contribution in [0.3, 0.4) is 0 Å². The van der Waals surface area contributed by atoms with Crippen LogP contribution in [0.25, 0.3) is 0 Å². The predicted octanol–water partition coefficient (Wildman–Crippen LogP) is 0.541. The van der Waals surface area contributed by atoms with Crippen LogP contribution in [-0.2, 0) is 4.74 Å². The Morgan fingerprint density at radius 2 is 2.11 bits per heavy atom. The molecule has 1 aromatic rings. The molecule has 18 heavy (non-hydrogen) atoms. The number of anilines is 1. The third kappa shape index (κ3) is 3.62. The molecule has 0 radical (unpaired) electrons. The molecule has 0 bridgehead atoms. The Hall–Kier alpha value is -2.31. The van der Waals surface area contributed by atoms with Crippen LogP contribution in [0.1, 0.15) is 15.9 Å². The smallest absolute Gasteiger partial charge is 0.404 e. The Morgan fingerprint density at radius 3 is 2.67 bits per heavy atom. The van der Waals surface area contributed by atoms with Gasteiger partial charge in [-0.25, -0.2) is 9.18 Å². The minimum Gasteiger partial charge on any atom is -0.448 e. The molecule has 0 unspecified atom stereocenters. The maximum absolute atomic E-state index is 13.3. The van der Waals surface area contributed by atoms with Gasteiger partial charge in [0.15, 0.2) is 0 Å². The Morgan fingerprint density at radius 1 is 1.44 bits per heavy atom. The van der Waals surface area contributed by atoms with E-state index in [-0.39, 0.29) is 24.4 Å². The lowest BCUT2D eigenvalue weighted by molar-refractivity contribution is 0.0936. The summed E-state index contributed by atoms with van der Waals surface area (Å²) in [7, 11) is 0. The van der Waals surface area contributed by atoms with Gasteiger partial charge in [0.1, 0.15) is 12.4 Å². The molecular weight excluding hydrogens is 241 g/mol. The first-order valence-electron chi connectivity index (χ1n) is 5.18. The van der Waals surface area contributed by atoms with Crippen LogP contribution >= 0.6 is 0 Å². The Balaban J connectivity index is 2.59. The zero-order valence-electron chi connectivity index (χ0n) is 9.83. The van der Waals surface area contributed by atoms with Crippen LogP contribution in [0, 0.1) is 12.7 Å². The zero-order chi connectivity index (χ0) is 13.7. The molecule has 98 valence electrons. The van der Waals surface area contributed by atoms with Crippen molar-refractivity contribution in [2.24, 2.45) is 5.73 Å². The number of benzene rings is 1. The third-order valence-electron chi connectivity index (χ3n) is 2.28. The van der Waals surface area contributed by atoms with Crippen LogP contribution < -0.4 is 16.8 Å². The average molecular weight is 255 g/mol. The van der Waals surface area contributed by atoms with Gasteiger partial charge in [-0.3, -0.25) is 4.79 Å². The fraction of sp³-hybridized carbons (Fsp3) is 0.273. The van der Waals surface area contributed by atoms with E-state index >= 15 is 0 Å². The lowest BCUT2D eigenvalue weighted by atomic mass is 10.1. The largest absolute Gasteiger partial charge is 0.448 e. The molecule has 0 saturated carbocycles. The number of rotatable bonds is 4. The number of primary amides is 1. The summed E-state index contributed by atoms with van der Waals surface area (Å²) in [5, 5.41) is 2.43. The number of amides is 2. The molecule has 2 amide bonds. The minimum absolute atomic E-state index is 0.0507. The van der Waals surface area contributed by atoms with Crippen molar-refractivity contribution in [2.45, 2.75) is 6.92 Å². The van der Waals surface area contributed by atoms with Crippen molar-refractivity contribution < 1.29 is 18.7 Å². The van der Waals surface area contributed by atoms with Crippen molar-refractivity contribution in [1.29, 1.82) is 0 Å². The Bertz CT molecular complexity index is 454. The number of carbonyl (C=O) groups excluding carboxylic acids is 2. The third-order valence-corrected chi connectivity index (χ3v) is 2.28.